The van der Waals surface area contributed by atoms with Gasteiger partial charge in [0.15, 0.2) is 0 Å². The molecule has 8 unspecified atom stereocenters. The molecular weight excluding hydrogens is 384 g/mol. The molecule has 0 nitrogen and oxygen atoms in total. The van der Waals surface area contributed by atoms with Crippen molar-refractivity contribution >= 4 is 0 Å². The minimum atomic E-state index is 0.501. The molecule has 0 aromatic rings. The molecule has 4 aliphatic carbocycles. The highest BCUT2D eigenvalue weighted by Gasteiger charge is 2.59. The van der Waals surface area contributed by atoms with Gasteiger partial charge in [-0.1, -0.05) is 73.3 Å². The molecule has 0 amide bonds. The Morgan fingerprint density at radius 3 is 2.34 bits per heavy atom. The van der Waals surface area contributed by atoms with Crippen LogP contribution in [0.25, 0.3) is 0 Å². The molecule has 4 fully saturated rings. The molecule has 4 aliphatic rings. The maximum absolute atomic E-state index is 4.05. The van der Waals surface area contributed by atoms with Crippen molar-refractivity contribution in [3.8, 4) is 0 Å². The summed E-state index contributed by atoms with van der Waals surface area (Å²) in [6.07, 6.45) is 25.9. The Kier molecular flexibility index (Phi) is 9.05. The summed E-state index contributed by atoms with van der Waals surface area (Å²) in [4.78, 5) is 0. The van der Waals surface area contributed by atoms with E-state index in [-0.39, 0.29) is 0 Å². The quantitative estimate of drug-likeness (QED) is 0.328. The molecule has 0 bridgehead atoms. The van der Waals surface area contributed by atoms with Gasteiger partial charge < -0.3 is 0 Å². The van der Waals surface area contributed by atoms with Crippen molar-refractivity contribution in [2.45, 2.75) is 144 Å². The third-order valence-corrected chi connectivity index (χ3v) is 11.6. The van der Waals surface area contributed by atoms with Crippen molar-refractivity contribution in [3.05, 3.63) is 12.7 Å². The molecule has 0 radical (unpaired) electrons. The zero-order chi connectivity index (χ0) is 23.4. The summed E-state index contributed by atoms with van der Waals surface area (Å²) >= 11 is 0. The predicted octanol–water partition coefficient (Wildman–Crippen LogP) is 10.6. The molecule has 8 atom stereocenters. The highest BCUT2D eigenvalue weighted by Crippen LogP contribution is 2.68. The number of rotatable bonds is 8. The van der Waals surface area contributed by atoms with E-state index in [9.17, 15) is 0 Å². The van der Waals surface area contributed by atoms with E-state index in [0.29, 0.717) is 16.2 Å². The number of allylic oxidation sites excluding steroid dienone is 1. The molecule has 0 N–H and O–H groups in total. The predicted molar refractivity (Wildman–Crippen MR) is 143 cm³/mol. The molecule has 0 saturated heterocycles. The summed E-state index contributed by atoms with van der Waals surface area (Å²) in [5.41, 5.74) is 1.87. The molecular formula is C32H58. The van der Waals surface area contributed by atoms with Crippen LogP contribution in [-0.2, 0) is 0 Å². The molecule has 0 heterocycles. The second-order valence-electron chi connectivity index (χ2n) is 13.2. The first-order valence-electron chi connectivity index (χ1n) is 15.0. The maximum atomic E-state index is 4.05. The minimum absolute atomic E-state index is 0.501. The molecule has 0 aromatic heterocycles. The van der Waals surface area contributed by atoms with Crippen LogP contribution in [0.1, 0.15) is 144 Å². The van der Waals surface area contributed by atoms with Crippen molar-refractivity contribution in [1.82, 2.24) is 0 Å². The Morgan fingerprint density at radius 2 is 1.62 bits per heavy atom. The highest BCUT2D eigenvalue weighted by molar-refractivity contribution is 5.08. The Hall–Kier alpha value is -0.260. The average Bonchev–Trinajstić information content (AvgIpc) is 3.11. The third-order valence-electron chi connectivity index (χ3n) is 11.6. The van der Waals surface area contributed by atoms with Crippen LogP contribution in [0.5, 0.6) is 0 Å². The van der Waals surface area contributed by atoms with Crippen LogP contribution in [0.4, 0.5) is 0 Å². The summed E-state index contributed by atoms with van der Waals surface area (Å²) in [6.45, 7) is 18.4. The Labute approximate surface area is 202 Å². The molecule has 32 heavy (non-hydrogen) atoms. The molecule has 186 valence electrons. The van der Waals surface area contributed by atoms with Gasteiger partial charge >= 0.3 is 0 Å². The standard InChI is InChI=1S/C30H52.C2H6/c1-6-18-28(3,19-7-2)20-10-12-24-14-16-26-25-15-13-23-11-8-9-21-29(23,4)27(25)17-22-30(24,26)5;1-2/h6,23-27H,1,7-22H2,2-5H3;1-2H3. The summed E-state index contributed by atoms with van der Waals surface area (Å²) in [6, 6.07) is 0. The van der Waals surface area contributed by atoms with Crippen LogP contribution in [0.2, 0.25) is 0 Å². The molecule has 0 heteroatoms. The van der Waals surface area contributed by atoms with Crippen LogP contribution in [-0.4, -0.2) is 0 Å². The van der Waals surface area contributed by atoms with Gasteiger partial charge in [0.1, 0.15) is 0 Å². The molecule has 0 spiro atoms. The van der Waals surface area contributed by atoms with Gasteiger partial charge in [-0.15, -0.1) is 6.58 Å². The van der Waals surface area contributed by atoms with Crippen molar-refractivity contribution in [3.63, 3.8) is 0 Å². The van der Waals surface area contributed by atoms with E-state index in [4.69, 9.17) is 0 Å². The lowest BCUT2D eigenvalue weighted by molar-refractivity contribution is -0.111. The topological polar surface area (TPSA) is 0 Å². The van der Waals surface area contributed by atoms with Crippen LogP contribution in [0.15, 0.2) is 12.7 Å². The van der Waals surface area contributed by atoms with Gasteiger partial charge in [-0.05, 0) is 123 Å². The third kappa shape index (κ3) is 4.91. The second-order valence-corrected chi connectivity index (χ2v) is 13.2. The highest BCUT2D eigenvalue weighted by atomic mass is 14.6. The van der Waals surface area contributed by atoms with Gasteiger partial charge in [-0.3, -0.25) is 0 Å². The molecule has 4 saturated carbocycles. The van der Waals surface area contributed by atoms with Gasteiger partial charge in [0.25, 0.3) is 0 Å². The SMILES string of the molecule is C=CCC(C)(CCC)CCCC1CCC2C3CCC4CCCCC4(C)C3CCC12C.CC. The zero-order valence-electron chi connectivity index (χ0n) is 23.0. The van der Waals surface area contributed by atoms with Gasteiger partial charge in [-0.25, -0.2) is 0 Å². The summed E-state index contributed by atoms with van der Waals surface area (Å²) in [5.74, 6) is 5.26. The summed E-state index contributed by atoms with van der Waals surface area (Å²) < 4.78 is 0. The number of fused-ring (bicyclic) bond motifs is 5. The van der Waals surface area contributed by atoms with Gasteiger partial charge in [0.05, 0.1) is 0 Å². The fraction of sp³-hybridized carbons (Fsp3) is 0.938. The fourth-order valence-electron chi connectivity index (χ4n) is 9.93. The molecule has 0 aliphatic heterocycles. The first-order chi connectivity index (χ1) is 15.4. The summed E-state index contributed by atoms with van der Waals surface area (Å²) in [5, 5.41) is 0. The molecule has 0 aromatic carbocycles. The maximum Gasteiger partial charge on any atom is -0.0266 e. The lowest BCUT2D eigenvalue weighted by atomic mass is 9.45. The van der Waals surface area contributed by atoms with Gasteiger partial charge in [-0.2, -0.15) is 0 Å². The van der Waals surface area contributed by atoms with Gasteiger partial charge in [0.2, 0.25) is 0 Å². The summed E-state index contributed by atoms with van der Waals surface area (Å²) in [7, 11) is 0. The van der Waals surface area contributed by atoms with Crippen LogP contribution in [0, 0.1) is 45.8 Å². The average molecular weight is 443 g/mol. The van der Waals surface area contributed by atoms with E-state index in [2.05, 4.69) is 40.3 Å². The van der Waals surface area contributed by atoms with E-state index in [0.717, 1.165) is 29.6 Å². The monoisotopic (exact) mass is 442 g/mol. The Bertz CT molecular complexity index is 591. The van der Waals surface area contributed by atoms with E-state index in [1.54, 1.807) is 44.9 Å². The lowest BCUT2D eigenvalue weighted by Crippen LogP contribution is -2.52. The molecule has 4 rings (SSSR count). The number of hydrogen-bond donors (Lipinski definition) is 0. The Balaban J connectivity index is 0.00000141. The van der Waals surface area contributed by atoms with Crippen molar-refractivity contribution in [2.24, 2.45) is 45.8 Å². The Morgan fingerprint density at radius 1 is 0.875 bits per heavy atom. The van der Waals surface area contributed by atoms with Gasteiger partial charge in [0, 0.05) is 0 Å². The number of hydrogen-bond acceptors (Lipinski definition) is 0. The van der Waals surface area contributed by atoms with E-state index in [1.165, 1.54) is 57.8 Å². The lowest BCUT2D eigenvalue weighted by Gasteiger charge is -2.60. The minimum Gasteiger partial charge on any atom is -0.103 e. The van der Waals surface area contributed by atoms with E-state index >= 15 is 0 Å². The largest absolute Gasteiger partial charge is 0.103 e. The smallest absolute Gasteiger partial charge is 0.0266 e. The second kappa shape index (κ2) is 11.0. The van der Waals surface area contributed by atoms with Crippen LogP contribution in [0.3, 0.4) is 0 Å². The van der Waals surface area contributed by atoms with Crippen molar-refractivity contribution in [1.29, 1.82) is 0 Å². The first kappa shape index (κ1) is 26.3. The van der Waals surface area contributed by atoms with Crippen molar-refractivity contribution < 1.29 is 0 Å². The van der Waals surface area contributed by atoms with Crippen LogP contribution < -0.4 is 0 Å². The zero-order valence-corrected chi connectivity index (χ0v) is 23.0. The van der Waals surface area contributed by atoms with Crippen molar-refractivity contribution in [2.75, 3.05) is 0 Å². The fourth-order valence-corrected chi connectivity index (χ4v) is 9.93. The normalized spacial score (nSPS) is 42.5. The first-order valence-corrected chi connectivity index (χ1v) is 15.0. The van der Waals surface area contributed by atoms with Crippen LogP contribution >= 0.6 is 0 Å². The van der Waals surface area contributed by atoms with E-state index in [1.807, 2.05) is 13.8 Å². The van der Waals surface area contributed by atoms with E-state index < -0.39 is 0 Å².